The van der Waals surface area contributed by atoms with Gasteiger partial charge in [0.25, 0.3) is 0 Å². The van der Waals surface area contributed by atoms with Crippen molar-refractivity contribution in [3.63, 3.8) is 0 Å². The van der Waals surface area contributed by atoms with E-state index in [4.69, 9.17) is 16.6 Å². The number of halogens is 1. The summed E-state index contributed by atoms with van der Waals surface area (Å²) < 4.78 is 0. The lowest BCUT2D eigenvalue weighted by Gasteiger charge is -2.16. The van der Waals surface area contributed by atoms with Crippen LogP contribution in [0.1, 0.15) is 76.2 Å². The van der Waals surface area contributed by atoms with Crippen LogP contribution in [0.2, 0.25) is 5.15 Å². The fourth-order valence-corrected chi connectivity index (χ4v) is 3.12. The molecule has 0 aromatic carbocycles. The van der Waals surface area contributed by atoms with Crippen LogP contribution >= 0.6 is 11.6 Å². The highest BCUT2D eigenvalue weighted by atomic mass is 35.5. The van der Waals surface area contributed by atoms with Crippen LogP contribution in [-0.2, 0) is 0 Å². The summed E-state index contributed by atoms with van der Waals surface area (Å²) in [4.78, 5) is 9.19. The van der Waals surface area contributed by atoms with E-state index in [1.807, 2.05) is 6.07 Å². The summed E-state index contributed by atoms with van der Waals surface area (Å²) >= 11 is 6.16. The van der Waals surface area contributed by atoms with Gasteiger partial charge in [-0.25, -0.2) is 9.97 Å². The number of hydrogen-bond acceptors (Lipinski definition) is 2. The Morgan fingerprint density at radius 2 is 1.89 bits per heavy atom. The molecule has 1 atom stereocenters. The van der Waals surface area contributed by atoms with Gasteiger partial charge in [0.15, 0.2) is 0 Å². The van der Waals surface area contributed by atoms with Crippen molar-refractivity contribution in [2.24, 2.45) is 5.92 Å². The molecule has 1 aliphatic carbocycles. The third kappa shape index (κ3) is 3.44. The van der Waals surface area contributed by atoms with Crippen molar-refractivity contribution in [2.45, 2.75) is 64.7 Å². The summed E-state index contributed by atoms with van der Waals surface area (Å²) in [5, 5.41) is 0.609. The average molecular weight is 267 g/mol. The van der Waals surface area contributed by atoms with Crippen LogP contribution < -0.4 is 0 Å². The van der Waals surface area contributed by atoms with Gasteiger partial charge in [-0.3, -0.25) is 0 Å². The van der Waals surface area contributed by atoms with Crippen molar-refractivity contribution in [3.8, 4) is 0 Å². The van der Waals surface area contributed by atoms with Crippen molar-refractivity contribution in [1.82, 2.24) is 9.97 Å². The van der Waals surface area contributed by atoms with Gasteiger partial charge >= 0.3 is 0 Å². The van der Waals surface area contributed by atoms with E-state index in [0.29, 0.717) is 22.9 Å². The molecule has 1 heterocycles. The first-order valence-corrected chi connectivity index (χ1v) is 7.48. The largest absolute Gasteiger partial charge is 0.237 e. The molecule has 2 rings (SSSR count). The van der Waals surface area contributed by atoms with E-state index in [0.717, 1.165) is 17.9 Å². The lowest BCUT2D eigenvalue weighted by atomic mass is 9.97. The molecule has 0 spiro atoms. The second-order valence-electron chi connectivity index (χ2n) is 5.99. The molecule has 0 aliphatic heterocycles. The van der Waals surface area contributed by atoms with Gasteiger partial charge in [0, 0.05) is 17.5 Å². The smallest absolute Gasteiger partial charge is 0.133 e. The molecule has 0 amide bonds. The van der Waals surface area contributed by atoms with Crippen LogP contribution in [0.5, 0.6) is 0 Å². The van der Waals surface area contributed by atoms with E-state index in [-0.39, 0.29) is 0 Å². The monoisotopic (exact) mass is 266 g/mol. The Kier molecular flexibility index (Phi) is 4.60. The minimum atomic E-state index is 0.392. The zero-order valence-corrected chi connectivity index (χ0v) is 12.4. The highest BCUT2D eigenvalue weighted by Crippen LogP contribution is 2.34. The minimum Gasteiger partial charge on any atom is -0.237 e. The molecule has 1 aromatic rings. The summed E-state index contributed by atoms with van der Waals surface area (Å²) in [6.07, 6.45) is 6.27. The summed E-state index contributed by atoms with van der Waals surface area (Å²) in [5.41, 5.74) is 1.16. The highest BCUT2D eigenvalue weighted by molar-refractivity contribution is 6.29. The molecule has 100 valence electrons. The van der Waals surface area contributed by atoms with E-state index >= 15 is 0 Å². The Morgan fingerprint density at radius 3 is 2.50 bits per heavy atom. The third-order valence-corrected chi connectivity index (χ3v) is 3.96. The molecule has 2 nitrogen and oxygen atoms in total. The van der Waals surface area contributed by atoms with Gasteiger partial charge in [-0.05, 0) is 31.2 Å². The Morgan fingerprint density at radius 1 is 1.22 bits per heavy atom. The van der Waals surface area contributed by atoms with Gasteiger partial charge in [0.1, 0.15) is 11.0 Å². The molecule has 0 bridgehead atoms. The molecule has 0 N–H and O–H groups in total. The molecule has 0 saturated heterocycles. The number of hydrogen-bond donors (Lipinski definition) is 0. The van der Waals surface area contributed by atoms with Gasteiger partial charge < -0.3 is 0 Å². The topological polar surface area (TPSA) is 25.8 Å². The number of aromatic nitrogens is 2. The van der Waals surface area contributed by atoms with E-state index in [9.17, 15) is 0 Å². The lowest BCUT2D eigenvalue weighted by molar-refractivity contribution is 0.504. The van der Waals surface area contributed by atoms with E-state index in [1.165, 1.54) is 25.7 Å². The Labute approximate surface area is 115 Å². The molecule has 1 aromatic heterocycles. The van der Waals surface area contributed by atoms with Gasteiger partial charge in [-0.2, -0.15) is 0 Å². The molecule has 1 aliphatic rings. The zero-order chi connectivity index (χ0) is 13.1. The zero-order valence-electron chi connectivity index (χ0n) is 11.6. The molecule has 18 heavy (non-hydrogen) atoms. The maximum atomic E-state index is 6.16. The fraction of sp³-hybridized carbons (Fsp3) is 0.733. The van der Waals surface area contributed by atoms with Crippen molar-refractivity contribution in [1.29, 1.82) is 0 Å². The maximum absolute atomic E-state index is 6.16. The fourth-order valence-electron chi connectivity index (χ4n) is 2.92. The van der Waals surface area contributed by atoms with Crippen molar-refractivity contribution >= 4 is 11.6 Å². The average Bonchev–Trinajstić information content (AvgIpc) is 2.80. The van der Waals surface area contributed by atoms with Crippen molar-refractivity contribution in [3.05, 3.63) is 22.7 Å². The van der Waals surface area contributed by atoms with Crippen LogP contribution in [0.3, 0.4) is 0 Å². The molecule has 1 fully saturated rings. The van der Waals surface area contributed by atoms with Gasteiger partial charge in [-0.15, -0.1) is 0 Å². The van der Waals surface area contributed by atoms with Gasteiger partial charge in [-0.1, -0.05) is 45.2 Å². The Balaban J connectivity index is 2.20. The molecule has 1 unspecified atom stereocenters. The Hall–Kier alpha value is -0.630. The molecule has 3 heteroatoms. The van der Waals surface area contributed by atoms with Crippen molar-refractivity contribution < 1.29 is 0 Å². The molecular formula is C15H23ClN2. The summed E-state index contributed by atoms with van der Waals surface area (Å²) in [6, 6.07) is 1.96. The quantitative estimate of drug-likeness (QED) is 0.722. The second-order valence-corrected chi connectivity index (χ2v) is 6.37. The first-order valence-electron chi connectivity index (χ1n) is 7.10. The number of nitrogens with zero attached hydrogens (tertiary/aromatic N) is 2. The highest BCUT2D eigenvalue weighted by Gasteiger charge is 2.21. The standard InChI is InChI=1S/C15H23ClN2/c1-10(2)8-11(3)15-17-13(9-14(16)18-15)12-6-4-5-7-12/h9-12H,4-8H2,1-3H3. The van der Waals surface area contributed by atoms with Crippen LogP contribution in [-0.4, -0.2) is 9.97 Å². The first-order chi connectivity index (χ1) is 8.56. The molecular weight excluding hydrogens is 244 g/mol. The third-order valence-electron chi connectivity index (χ3n) is 3.77. The molecule has 0 radical (unpaired) electrons. The predicted octanol–water partition coefficient (Wildman–Crippen LogP) is 4.94. The summed E-state index contributed by atoms with van der Waals surface area (Å²) in [7, 11) is 0. The summed E-state index contributed by atoms with van der Waals surface area (Å²) in [5.74, 6) is 2.59. The van der Waals surface area contributed by atoms with Gasteiger partial charge in [0.2, 0.25) is 0 Å². The lowest BCUT2D eigenvalue weighted by Crippen LogP contribution is -2.08. The normalized spacial score (nSPS) is 18.5. The van der Waals surface area contributed by atoms with E-state index < -0.39 is 0 Å². The predicted molar refractivity (Wildman–Crippen MR) is 76.1 cm³/mol. The SMILES string of the molecule is CC(C)CC(C)c1nc(Cl)cc(C2CCCC2)n1. The van der Waals surface area contributed by atoms with Crippen LogP contribution in [0.25, 0.3) is 0 Å². The number of rotatable bonds is 4. The van der Waals surface area contributed by atoms with Crippen LogP contribution in [0.4, 0.5) is 0 Å². The Bertz CT molecular complexity index is 397. The second kappa shape index (κ2) is 6.01. The first kappa shape index (κ1) is 13.8. The van der Waals surface area contributed by atoms with Crippen molar-refractivity contribution in [2.75, 3.05) is 0 Å². The van der Waals surface area contributed by atoms with Gasteiger partial charge in [0.05, 0.1) is 0 Å². The molecule has 1 saturated carbocycles. The maximum Gasteiger partial charge on any atom is 0.133 e. The summed E-state index contributed by atoms with van der Waals surface area (Å²) in [6.45, 7) is 6.67. The van der Waals surface area contributed by atoms with E-state index in [1.54, 1.807) is 0 Å². The minimum absolute atomic E-state index is 0.392. The van der Waals surface area contributed by atoms with E-state index in [2.05, 4.69) is 25.8 Å². The van der Waals surface area contributed by atoms with Crippen LogP contribution in [0.15, 0.2) is 6.07 Å². The van der Waals surface area contributed by atoms with Crippen LogP contribution in [0, 0.1) is 5.92 Å².